The van der Waals surface area contributed by atoms with E-state index in [1.54, 1.807) is 0 Å². The molecule has 4 nitrogen and oxygen atoms in total. The van der Waals surface area contributed by atoms with Crippen molar-refractivity contribution >= 4 is 11.6 Å². The second-order valence-electron chi connectivity index (χ2n) is 4.60. The van der Waals surface area contributed by atoms with Gasteiger partial charge in [-0.2, -0.15) is 13.2 Å². The number of hydrogen-bond donors (Lipinski definition) is 2. The summed E-state index contributed by atoms with van der Waals surface area (Å²) in [5.74, 6) is 0.425. The molecule has 2 heterocycles. The van der Waals surface area contributed by atoms with Crippen molar-refractivity contribution in [1.82, 2.24) is 4.98 Å². The number of anilines is 2. The van der Waals surface area contributed by atoms with Gasteiger partial charge >= 0.3 is 6.18 Å². The molecule has 3 N–H and O–H groups in total. The summed E-state index contributed by atoms with van der Waals surface area (Å²) in [6, 6.07) is 1.81. The number of hydrogen-bond acceptors (Lipinski definition) is 4. The van der Waals surface area contributed by atoms with Crippen LogP contribution in [-0.2, 0) is 10.9 Å². The Balaban J connectivity index is 2.01. The van der Waals surface area contributed by atoms with E-state index in [-0.39, 0.29) is 11.6 Å². The van der Waals surface area contributed by atoms with Gasteiger partial charge in [-0.15, -0.1) is 0 Å². The van der Waals surface area contributed by atoms with Gasteiger partial charge in [-0.1, -0.05) is 0 Å². The van der Waals surface area contributed by atoms with Gasteiger partial charge in [-0.3, -0.25) is 0 Å². The summed E-state index contributed by atoms with van der Waals surface area (Å²) < 4.78 is 43.1. The van der Waals surface area contributed by atoms with Gasteiger partial charge in [0.25, 0.3) is 0 Å². The summed E-state index contributed by atoms with van der Waals surface area (Å²) in [5.41, 5.74) is 4.61. The molecule has 0 spiro atoms. The highest BCUT2D eigenvalue weighted by atomic mass is 19.4. The predicted octanol–water partition coefficient (Wildman–Crippen LogP) is 2.52. The third-order valence-electron chi connectivity index (χ3n) is 3.09. The van der Waals surface area contributed by atoms with Crippen molar-refractivity contribution in [2.75, 3.05) is 30.8 Å². The van der Waals surface area contributed by atoms with Crippen LogP contribution in [-0.4, -0.2) is 24.7 Å². The largest absolute Gasteiger partial charge is 0.416 e. The van der Waals surface area contributed by atoms with E-state index < -0.39 is 11.7 Å². The minimum atomic E-state index is -4.41. The molecular formula is C12H16F3N3O. The minimum absolute atomic E-state index is 0.135. The number of nitrogens with one attached hydrogen (secondary N) is 1. The van der Waals surface area contributed by atoms with E-state index in [0.717, 1.165) is 25.0 Å². The lowest BCUT2D eigenvalue weighted by molar-refractivity contribution is -0.137. The van der Waals surface area contributed by atoms with Crippen LogP contribution in [0.4, 0.5) is 24.8 Å². The molecule has 0 atom stereocenters. The van der Waals surface area contributed by atoms with E-state index >= 15 is 0 Å². The number of halogens is 3. The zero-order valence-corrected chi connectivity index (χ0v) is 10.3. The number of ether oxygens (including phenoxy) is 1. The average molecular weight is 275 g/mol. The van der Waals surface area contributed by atoms with Crippen LogP contribution in [0.5, 0.6) is 0 Å². The van der Waals surface area contributed by atoms with E-state index in [2.05, 4.69) is 10.3 Å². The monoisotopic (exact) mass is 275 g/mol. The molecule has 106 valence electrons. The van der Waals surface area contributed by atoms with Crippen molar-refractivity contribution in [3.63, 3.8) is 0 Å². The zero-order valence-electron chi connectivity index (χ0n) is 10.3. The minimum Gasteiger partial charge on any atom is -0.384 e. The average Bonchev–Trinajstić information content (AvgIpc) is 2.36. The Morgan fingerprint density at radius 1 is 1.32 bits per heavy atom. The summed E-state index contributed by atoms with van der Waals surface area (Å²) in [7, 11) is 0. The maximum atomic E-state index is 12.6. The van der Waals surface area contributed by atoms with Crippen LogP contribution in [0.15, 0.2) is 12.1 Å². The van der Waals surface area contributed by atoms with Crippen LogP contribution < -0.4 is 11.1 Å². The maximum Gasteiger partial charge on any atom is 0.416 e. The zero-order chi connectivity index (χ0) is 13.9. The Hall–Kier alpha value is -1.50. The normalized spacial score (nSPS) is 17.4. The molecule has 1 aromatic rings. The molecule has 19 heavy (non-hydrogen) atoms. The van der Waals surface area contributed by atoms with Crippen LogP contribution in [0.2, 0.25) is 0 Å². The van der Waals surface area contributed by atoms with Gasteiger partial charge in [0.2, 0.25) is 0 Å². The Morgan fingerprint density at radius 3 is 2.63 bits per heavy atom. The summed E-state index contributed by atoms with van der Waals surface area (Å²) in [6.07, 6.45) is -2.60. The van der Waals surface area contributed by atoms with Crippen LogP contribution in [0.3, 0.4) is 0 Å². The first-order valence-corrected chi connectivity index (χ1v) is 6.11. The number of pyridine rings is 1. The van der Waals surface area contributed by atoms with Crippen molar-refractivity contribution < 1.29 is 17.9 Å². The molecule has 0 aromatic carbocycles. The van der Waals surface area contributed by atoms with Crippen molar-refractivity contribution in [2.45, 2.75) is 19.0 Å². The second kappa shape index (κ2) is 5.64. The molecule has 1 fully saturated rings. The number of nitrogen functional groups attached to an aromatic ring is 1. The van der Waals surface area contributed by atoms with Gasteiger partial charge in [0.15, 0.2) is 0 Å². The highest BCUT2D eigenvalue weighted by Crippen LogP contribution is 2.31. The van der Waals surface area contributed by atoms with Crippen molar-refractivity contribution in [3.8, 4) is 0 Å². The highest BCUT2D eigenvalue weighted by molar-refractivity contribution is 5.47. The standard InChI is InChI=1S/C12H16F3N3O/c13-12(14,15)9-5-10(16)18-11(6-9)17-7-8-1-3-19-4-2-8/h5-6,8H,1-4,7H2,(H3,16,17,18). The molecule has 0 bridgehead atoms. The first kappa shape index (κ1) is 13.9. The number of nitrogens with zero attached hydrogens (tertiary/aromatic N) is 1. The Bertz CT molecular complexity index is 431. The third kappa shape index (κ3) is 3.99. The molecule has 1 saturated heterocycles. The number of aromatic nitrogens is 1. The fourth-order valence-electron chi connectivity index (χ4n) is 2.01. The molecule has 0 unspecified atom stereocenters. The molecular weight excluding hydrogens is 259 g/mol. The number of nitrogens with two attached hydrogens (primary N) is 1. The SMILES string of the molecule is Nc1cc(C(F)(F)F)cc(NCC2CCOCC2)n1. The first-order valence-electron chi connectivity index (χ1n) is 6.11. The van der Waals surface area contributed by atoms with E-state index in [9.17, 15) is 13.2 Å². The number of alkyl halides is 3. The van der Waals surface area contributed by atoms with Gasteiger partial charge in [0.1, 0.15) is 11.6 Å². The Labute approximate surface area is 109 Å². The van der Waals surface area contributed by atoms with E-state index in [4.69, 9.17) is 10.5 Å². The van der Waals surface area contributed by atoms with Crippen LogP contribution in [0.1, 0.15) is 18.4 Å². The lowest BCUT2D eigenvalue weighted by Crippen LogP contribution is -2.23. The third-order valence-corrected chi connectivity index (χ3v) is 3.09. The van der Waals surface area contributed by atoms with Crippen molar-refractivity contribution in [2.24, 2.45) is 5.92 Å². The van der Waals surface area contributed by atoms with E-state index in [0.29, 0.717) is 25.7 Å². The van der Waals surface area contributed by atoms with Crippen molar-refractivity contribution in [3.05, 3.63) is 17.7 Å². The summed E-state index contributed by atoms with van der Waals surface area (Å²) in [4.78, 5) is 3.87. The lowest BCUT2D eigenvalue weighted by Gasteiger charge is -2.22. The van der Waals surface area contributed by atoms with Crippen molar-refractivity contribution in [1.29, 1.82) is 0 Å². The fourth-order valence-corrected chi connectivity index (χ4v) is 2.01. The number of rotatable bonds is 3. The topological polar surface area (TPSA) is 60.2 Å². The molecule has 0 saturated carbocycles. The molecule has 1 aromatic heterocycles. The second-order valence-corrected chi connectivity index (χ2v) is 4.60. The molecule has 1 aliphatic rings. The Morgan fingerprint density at radius 2 is 2.00 bits per heavy atom. The van der Waals surface area contributed by atoms with Crippen LogP contribution >= 0.6 is 0 Å². The van der Waals surface area contributed by atoms with Gasteiger partial charge in [-0.25, -0.2) is 4.98 Å². The van der Waals surface area contributed by atoms with Gasteiger partial charge in [0, 0.05) is 19.8 Å². The first-order chi connectivity index (χ1) is 8.95. The summed E-state index contributed by atoms with van der Waals surface area (Å²) in [5, 5.41) is 2.92. The summed E-state index contributed by atoms with van der Waals surface area (Å²) in [6.45, 7) is 1.98. The highest BCUT2D eigenvalue weighted by Gasteiger charge is 2.31. The lowest BCUT2D eigenvalue weighted by atomic mass is 10.0. The molecule has 0 radical (unpaired) electrons. The molecule has 0 aliphatic carbocycles. The summed E-state index contributed by atoms with van der Waals surface area (Å²) >= 11 is 0. The maximum absolute atomic E-state index is 12.6. The van der Waals surface area contributed by atoms with E-state index in [1.807, 2.05) is 0 Å². The molecule has 2 rings (SSSR count). The molecule has 1 aliphatic heterocycles. The predicted molar refractivity (Wildman–Crippen MR) is 65.7 cm³/mol. The fraction of sp³-hybridized carbons (Fsp3) is 0.583. The quantitative estimate of drug-likeness (QED) is 0.890. The molecule has 0 amide bonds. The van der Waals surface area contributed by atoms with Crippen LogP contribution in [0, 0.1) is 5.92 Å². The van der Waals surface area contributed by atoms with Crippen LogP contribution in [0.25, 0.3) is 0 Å². The van der Waals surface area contributed by atoms with Gasteiger partial charge in [-0.05, 0) is 30.9 Å². The van der Waals surface area contributed by atoms with Gasteiger partial charge in [0.05, 0.1) is 5.56 Å². The van der Waals surface area contributed by atoms with E-state index in [1.165, 1.54) is 0 Å². The van der Waals surface area contributed by atoms with Gasteiger partial charge < -0.3 is 15.8 Å². The Kier molecular flexibility index (Phi) is 4.14. The smallest absolute Gasteiger partial charge is 0.384 e. The molecule has 7 heteroatoms.